The van der Waals surface area contributed by atoms with E-state index in [1.165, 1.54) is 6.07 Å². The number of nitrogens with zero attached hydrogens (tertiary/aromatic N) is 1. The largest absolute Gasteiger partial charge is 0.492 e. The summed E-state index contributed by atoms with van der Waals surface area (Å²) in [7, 11) is 0. The van der Waals surface area contributed by atoms with Crippen LogP contribution in [0.2, 0.25) is 0 Å². The lowest BCUT2D eigenvalue weighted by molar-refractivity contribution is -0.136. The Bertz CT molecular complexity index is 649. The molecule has 1 saturated heterocycles. The number of carbonyl (C=O) groups excluding carboxylic acids is 2. The van der Waals surface area contributed by atoms with Crippen LogP contribution in [0.15, 0.2) is 18.2 Å². The predicted molar refractivity (Wildman–Crippen MR) is 86.9 cm³/mol. The van der Waals surface area contributed by atoms with Crippen molar-refractivity contribution in [2.75, 3.05) is 26.2 Å². The third kappa shape index (κ3) is 4.67. The van der Waals surface area contributed by atoms with E-state index < -0.39 is 11.6 Å². The number of carbonyl (C=O) groups is 2. The summed E-state index contributed by atoms with van der Waals surface area (Å²) < 4.78 is 31.2. The molecule has 1 atom stereocenters. The molecule has 25 heavy (non-hydrogen) atoms. The van der Waals surface area contributed by atoms with Crippen molar-refractivity contribution in [2.45, 2.75) is 25.7 Å². The second-order valence-corrected chi connectivity index (χ2v) is 6.61. The van der Waals surface area contributed by atoms with Crippen LogP contribution in [0.4, 0.5) is 8.78 Å². The van der Waals surface area contributed by atoms with E-state index >= 15 is 0 Å². The molecule has 1 unspecified atom stereocenters. The summed E-state index contributed by atoms with van der Waals surface area (Å²) >= 11 is 0. The molecule has 1 heterocycles. The highest BCUT2D eigenvalue weighted by Gasteiger charge is 2.36. The smallest absolute Gasteiger partial charge is 0.225 e. The van der Waals surface area contributed by atoms with Gasteiger partial charge in [0.15, 0.2) is 11.6 Å². The molecule has 1 saturated carbocycles. The van der Waals surface area contributed by atoms with Gasteiger partial charge in [-0.15, -0.1) is 0 Å². The van der Waals surface area contributed by atoms with Gasteiger partial charge >= 0.3 is 0 Å². The number of nitrogens with one attached hydrogen (secondary N) is 1. The Kier molecular flexibility index (Phi) is 5.50. The van der Waals surface area contributed by atoms with Crippen LogP contribution >= 0.6 is 0 Å². The average molecular weight is 352 g/mol. The number of benzene rings is 1. The van der Waals surface area contributed by atoms with Crippen LogP contribution in [-0.4, -0.2) is 43.0 Å². The molecule has 1 aromatic carbocycles. The van der Waals surface area contributed by atoms with Crippen LogP contribution in [0.3, 0.4) is 0 Å². The van der Waals surface area contributed by atoms with E-state index in [1.54, 1.807) is 0 Å². The first kappa shape index (κ1) is 17.6. The minimum atomic E-state index is -0.968. The molecule has 1 aromatic rings. The van der Waals surface area contributed by atoms with Crippen LogP contribution < -0.4 is 10.1 Å². The Morgan fingerprint density at radius 3 is 2.68 bits per heavy atom. The average Bonchev–Trinajstić information content (AvgIpc) is 3.46. The number of hydrogen-bond donors (Lipinski definition) is 1. The van der Waals surface area contributed by atoms with Crippen molar-refractivity contribution in [3.8, 4) is 5.75 Å². The SMILES string of the molecule is O=C(NCCOc1ccc(F)c(F)c1)C1CCCN(C(=O)C2CC2)C1. The second kappa shape index (κ2) is 7.80. The highest BCUT2D eigenvalue weighted by Crippen LogP contribution is 2.32. The van der Waals surface area contributed by atoms with Gasteiger partial charge in [0.05, 0.1) is 12.5 Å². The maximum absolute atomic E-state index is 13.1. The highest BCUT2D eigenvalue weighted by molar-refractivity contribution is 5.83. The van der Waals surface area contributed by atoms with E-state index in [-0.39, 0.29) is 42.6 Å². The Morgan fingerprint density at radius 2 is 1.96 bits per heavy atom. The maximum atomic E-state index is 13.1. The molecular weight excluding hydrogens is 330 g/mol. The Balaban J connectivity index is 1.39. The van der Waals surface area contributed by atoms with Crippen molar-refractivity contribution in [3.63, 3.8) is 0 Å². The Hall–Kier alpha value is -2.18. The van der Waals surface area contributed by atoms with Crippen LogP contribution in [-0.2, 0) is 9.59 Å². The van der Waals surface area contributed by atoms with E-state index in [4.69, 9.17) is 4.74 Å². The van der Waals surface area contributed by atoms with Gasteiger partial charge in [0, 0.05) is 25.1 Å². The topological polar surface area (TPSA) is 58.6 Å². The van der Waals surface area contributed by atoms with Crippen molar-refractivity contribution in [1.29, 1.82) is 0 Å². The summed E-state index contributed by atoms with van der Waals surface area (Å²) in [4.78, 5) is 26.2. The Morgan fingerprint density at radius 1 is 1.16 bits per heavy atom. The number of halogens is 2. The van der Waals surface area contributed by atoms with Crippen LogP contribution in [0, 0.1) is 23.5 Å². The summed E-state index contributed by atoms with van der Waals surface area (Å²) in [5.41, 5.74) is 0. The molecule has 7 heteroatoms. The molecule has 1 aliphatic carbocycles. The second-order valence-electron chi connectivity index (χ2n) is 6.61. The molecular formula is C18H22F2N2O3. The fraction of sp³-hybridized carbons (Fsp3) is 0.556. The lowest BCUT2D eigenvalue weighted by Crippen LogP contribution is -2.46. The zero-order valence-electron chi connectivity index (χ0n) is 14.0. The van der Waals surface area contributed by atoms with Gasteiger partial charge in [-0.25, -0.2) is 8.78 Å². The molecule has 0 radical (unpaired) electrons. The third-order valence-corrected chi connectivity index (χ3v) is 4.59. The first-order chi connectivity index (χ1) is 12.0. The van der Waals surface area contributed by atoms with E-state index in [2.05, 4.69) is 5.32 Å². The number of piperidine rings is 1. The molecule has 2 fully saturated rings. The van der Waals surface area contributed by atoms with Crippen LogP contribution in [0.25, 0.3) is 0 Å². The lowest BCUT2D eigenvalue weighted by Gasteiger charge is -2.32. The molecule has 0 spiro atoms. The molecule has 1 N–H and O–H groups in total. The first-order valence-corrected chi connectivity index (χ1v) is 8.69. The normalized spacial score (nSPS) is 20.2. The van der Waals surface area contributed by atoms with Crippen molar-refractivity contribution in [1.82, 2.24) is 10.2 Å². The van der Waals surface area contributed by atoms with E-state index in [0.29, 0.717) is 6.54 Å². The molecule has 5 nitrogen and oxygen atoms in total. The van der Waals surface area contributed by atoms with Gasteiger partial charge < -0.3 is 15.0 Å². The van der Waals surface area contributed by atoms with Crippen LogP contribution in [0.5, 0.6) is 5.75 Å². The zero-order chi connectivity index (χ0) is 17.8. The quantitative estimate of drug-likeness (QED) is 0.798. The van der Waals surface area contributed by atoms with Gasteiger partial charge in [-0.05, 0) is 37.8 Å². The van der Waals surface area contributed by atoms with Crippen molar-refractivity contribution >= 4 is 11.8 Å². The molecule has 1 aliphatic heterocycles. The number of rotatable bonds is 6. The molecule has 0 bridgehead atoms. The molecule has 3 rings (SSSR count). The van der Waals surface area contributed by atoms with Gasteiger partial charge in [0.2, 0.25) is 11.8 Å². The summed E-state index contributed by atoms with van der Waals surface area (Å²) in [6.07, 6.45) is 3.53. The number of amides is 2. The van der Waals surface area contributed by atoms with E-state index in [1.807, 2.05) is 4.90 Å². The van der Waals surface area contributed by atoms with Crippen molar-refractivity contribution in [3.05, 3.63) is 29.8 Å². The standard InChI is InChI=1S/C18H22F2N2O3/c19-15-6-5-14(10-16(15)20)25-9-7-21-17(23)13-2-1-8-22(11-13)18(24)12-3-4-12/h5-6,10,12-13H,1-4,7-9,11H2,(H,21,23). The number of ether oxygens (including phenoxy) is 1. The van der Waals surface area contributed by atoms with E-state index in [0.717, 1.165) is 44.4 Å². The lowest BCUT2D eigenvalue weighted by atomic mass is 9.97. The van der Waals surface area contributed by atoms with E-state index in [9.17, 15) is 18.4 Å². The zero-order valence-corrected chi connectivity index (χ0v) is 14.0. The van der Waals surface area contributed by atoms with Gasteiger partial charge in [-0.1, -0.05) is 0 Å². The molecule has 136 valence electrons. The molecule has 2 aliphatic rings. The third-order valence-electron chi connectivity index (χ3n) is 4.59. The van der Waals surface area contributed by atoms with Gasteiger partial charge in [0.25, 0.3) is 0 Å². The summed E-state index contributed by atoms with van der Waals surface area (Å²) in [5, 5.41) is 2.78. The van der Waals surface area contributed by atoms with Gasteiger partial charge in [0.1, 0.15) is 12.4 Å². The van der Waals surface area contributed by atoms with Crippen LogP contribution in [0.1, 0.15) is 25.7 Å². The monoisotopic (exact) mass is 352 g/mol. The molecule has 2 amide bonds. The Labute approximate surface area is 145 Å². The molecule has 0 aromatic heterocycles. The highest BCUT2D eigenvalue weighted by atomic mass is 19.2. The maximum Gasteiger partial charge on any atom is 0.225 e. The number of likely N-dealkylation sites (tertiary alicyclic amines) is 1. The minimum absolute atomic E-state index is 0.0952. The van der Waals surface area contributed by atoms with Gasteiger partial charge in [-0.3, -0.25) is 9.59 Å². The predicted octanol–water partition coefficient (Wildman–Crippen LogP) is 2.11. The van der Waals surface area contributed by atoms with Gasteiger partial charge in [-0.2, -0.15) is 0 Å². The summed E-state index contributed by atoms with van der Waals surface area (Å²) in [6.45, 7) is 1.64. The summed E-state index contributed by atoms with van der Waals surface area (Å²) in [6, 6.07) is 3.30. The van der Waals surface area contributed by atoms with Crippen molar-refractivity contribution in [2.24, 2.45) is 11.8 Å². The fourth-order valence-electron chi connectivity index (χ4n) is 3.03. The number of hydrogen-bond acceptors (Lipinski definition) is 3. The summed E-state index contributed by atoms with van der Waals surface area (Å²) in [5.74, 6) is -1.62. The first-order valence-electron chi connectivity index (χ1n) is 8.69. The van der Waals surface area contributed by atoms with Crippen molar-refractivity contribution < 1.29 is 23.1 Å². The minimum Gasteiger partial charge on any atom is -0.492 e. The fourth-order valence-corrected chi connectivity index (χ4v) is 3.03.